The zero-order valence-corrected chi connectivity index (χ0v) is 14.0. The molecule has 4 heteroatoms. The van der Waals surface area contributed by atoms with Crippen molar-refractivity contribution in [1.29, 1.82) is 5.26 Å². The van der Waals surface area contributed by atoms with Crippen LogP contribution in [0.3, 0.4) is 0 Å². The van der Waals surface area contributed by atoms with E-state index < -0.39 is 5.91 Å². The number of nitrogens with zero attached hydrogens (tertiary/aromatic N) is 1. The number of carbonyl (C=O) groups is 1. The number of rotatable bonds is 6. The number of carbonyl (C=O) groups excluding carboxylic acids is 1. The minimum Gasteiger partial charge on any atom is -0.389 e. The van der Waals surface area contributed by atoms with E-state index in [1.54, 1.807) is 0 Å². The van der Waals surface area contributed by atoms with E-state index in [1.807, 2.05) is 68.4 Å². The fraction of sp³-hybridized carbons (Fsp3) is 0.200. The zero-order chi connectivity index (χ0) is 17.4. The van der Waals surface area contributed by atoms with Crippen LogP contribution in [0.2, 0.25) is 0 Å². The van der Waals surface area contributed by atoms with Crippen LogP contribution in [0.1, 0.15) is 16.7 Å². The average molecular weight is 319 g/mol. The summed E-state index contributed by atoms with van der Waals surface area (Å²) in [5.41, 5.74) is 4.09. The maximum absolute atomic E-state index is 12.2. The van der Waals surface area contributed by atoms with Gasteiger partial charge in [-0.05, 0) is 43.0 Å². The van der Waals surface area contributed by atoms with E-state index in [-0.39, 0.29) is 5.57 Å². The van der Waals surface area contributed by atoms with Gasteiger partial charge in [0.1, 0.15) is 11.6 Å². The summed E-state index contributed by atoms with van der Waals surface area (Å²) in [5.74, 6) is -0.404. The first-order valence-corrected chi connectivity index (χ1v) is 7.87. The largest absolute Gasteiger partial charge is 0.389 e. The molecule has 0 atom stereocenters. The number of aryl methyl sites for hydroxylation is 1. The molecular weight excluding hydrogens is 298 g/mol. The predicted molar refractivity (Wildman–Crippen MR) is 96.4 cm³/mol. The number of nitriles is 1. The van der Waals surface area contributed by atoms with Crippen molar-refractivity contribution in [1.82, 2.24) is 5.32 Å². The quantitative estimate of drug-likeness (QED) is 0.487. The lowest BCUT2D eigenvalue weighted by Gasteiger charge is -2.10. The van der Waals surface area contributed by atoms with Crippen LogP contribution >= 0.6 is 0 Å². The molecule has 0 spiro atoms. The highest BCUT2D eigenvalue weighted by Gasteiger charge is 2.11. The molecule has 0 radical (unpaired) electrons. The number of nitrogens with one attached hydrogen (secondary N) is 2. The van der Waals surface area contributed by atoms with E-state index in [2.05, 4.69) is 10.6 Å². The van der Waals surface area contributed by atoms with E-state index in [9.17, 15) is 10.1 Å². The lowest BCUT2D eigenvalue weighted by Crippen LogP contribution is -2.18. The first-order valence-electron chi connectivity index (χ1n) is 7.87. The summed E-state index contributed by atoms with van der Waals surface area (Å²) in [6.07, 6.45) is 2.30. The van der Waals surface area contributed by atoms with Gasteiger partial charge in [-0.1, -0.05) is 42.5 Å². The second kappa shape index (κ2) is 8.54. The summed E-state index contributed by atoms with van der Waals surface area (Å²) in [7, 11) is 0. The van der Waals surface area contributed by atoms with Gasteiger partial charge in [-0.15, -0.1) is 0 Å². The second-order valence-electron chi connectivity index (χ2n) is 5.56. The molecule has 2 N–H and O–H groups in total. The molecule has 0 fully saturated rings. The third kappa shape index (κ3) is 4.72. The van der Waals surface area contributed by atoms with Crippen molar-refractivity contribution in [3.63, 3.8) is 0 Å². The summed E-state index contributed by atoms with van der Waals surface area (Å²) in [4.78, 5) is 12.2. The molecule has 0 saturated heterocycles. The number of amides is 1. The van der Waals surface area contributed by atoms with E-state index in [1.165, 1.54) is 11.8 Å². The lowest BCUT2D eigenvalue weighted by molar-refractivity contribution is -0.112. The monoisotopic (exact) mass is 319 g/mol. The third-order valence-electron chi connectivity index (χ3n) is 3.87. The molecule has 2 aromatic carbocycles. The molecule has 24 heavy (non-hydrogen) atoms. The van der Waals surface area contributed by atoms with Gasteiger partial charge in [-0.2, -0.15) is 5.26 Å². The van der Waals surface area contributed by atoms with E-state index in [4.69, 9.17) is 0 Å². The van der Waals surface area contributed by atoms with E-state index in [0.717, 1.165) is 23.2 Å². The Hall–Kier alpha value is -3.06. The van der Waals surface area contributed by atoms with Gasteiger partial charge < -0.3 is 10.6 Å². The van der Waals surface area contributed by atoms with Gasteiger partial charge in [-0.3, -0.25) is 4.79 Å². The summed E-state index contributed by atoms with van der Waals surface area (Å²) in [6, 6.07) is 17.7. The zero-order valence-electron chi connectivity index (χ0n) is 14.0. The first kappa shape index (κ1) is 17.3. The van der Waals surface area contributed by atoms with Gasteiger partial charge in [-0.25, -0.2) is 0 Å². The molecule has 0 unspecified atom stereocenters. The molecule has 0 bridgehead atoms. The van der Waals surface area contributed by atoms with Crippen LogP contribution in [-0.2, 0) is 11.2 Å². The maximum Gasteiger partial charge on any atom is 0.267 e. The predicted octanol–water partition coefficient (Wildman–Crippen LogP) is 3.48. The van der Waals surface area contributed by atoms with Gasteiger partial charge in [0.25, 0.3) is 5.91 Å². The Kier molecular flexibility index (Phi) is 6.16. The standard InChI is InChI=1S/C20H21N3O/c1-15-7-6-10-19(16(15)2)23-20(24)18(13-21)14-22-12-11-17-8-4-3-5-9-17/h3-10,14,22H,11-12H2,1-2H3,(H,23,24)/b18-14-. The van der Waals surface area contributed by atoms with Crippen molar-refractivity contribution in [2.75, 3.05) is 11.9 Å². The fourth-order valence-electron chi connectivity index (χ4n) is 2.26. The summed E-state index contributed by atoms with van der Waals surface area (Å²) in [6.45, 7) is 4.59. The fourth-order valence-corrected chi connectivity index (χ4v) is 2.26. The van der Waals surface area contributed by atoms with Crippen LogP contribution in [0.4, 0.5) is 5.69 Å². The number of benzene rings is 2. The summed E-state index contributed by atoms with van der Waals surface area (Å²) >= 11 is 0. The summed E-state index contributed by atoms with van der Waals surface area (Å²) < 4.78 is 0. The highest BCUT2D eigenvalue weighted by atomic mass is 16.1. The molecule has 0 aliphatic heterocycles. The van der Waals surface area contributed by atoms with Crippen LogP contribution in [0.25, 0.3) is 0 Å². The Balaban J connectivity index is 1.93. The van der Waals surface area contributed by atoms with Crippen molar-refractivity contribution < 1.29 is 4.79 Å². The Bertz CT molecular complexity index is 773. The van der Waals surface area contributed by atoms with Crippen molar-refractivity contribution in [3.8, 4) is 6.07 Å². The first-order chi connectivity index (χ1) is 11.6. The third-order valence-corrected chi connectivity index (χ3v) is 3.87. The molecule has 2 rings (SSSR count). The summed E-state index contributed by atoms with van der Waals surface area (Å²) in [5, 5.41) is 15.0. The van der Waals surface area contributed by atoms with Crippen molar-refractivity contribution >= 4 is 11.6 Å². The molecule has 1 amide bonds. The number of anilines is 1. The Morgan fingerprint density at radius 2 is 1.88 bits per heavy atom. The van der Waals surface area contributed by atoms with Crippen molar-refractivity contribution in [2.24, 2.45) is 0 Å². The van der Waals surface area contributed by atoms with Gasteiger partial charge >= 0.3 is 0 Å². The average Bonchev–Trinajstić information content (AvgIpc) is 2.60. The van der Waals surface area contributed by atoms with Gasteiger partial charge in [0.05, 0.1) is 0 Å². The van der Waals surface area contributed by atoms with Crippen molar-refractivity contribution in [2.45, 2.75) is 20.3 Å². The molecule has 122 valence electrons. The Labute approximate surface area is 142 Å². The molecule has 0 aliphatic carbocycles. The minimum atomic E-state index is -0.404. The molecule has 0 saturated carbocycles. The number of hydrogen-bond donors (Lipinski definition) is 2. The molecule has 2 aromatic rings. The van der Waals surface area contributed by atoms with Crippen LogP contribution in [0, 0.1) is 25.2 Å². The van der Waals surface area contributed by atoms with Gasteiger partial charge in [0.2, 0.25) is 0 Å². The maximum atomic E-state index is 12.2. The Morgan fingerprint density at radius 1 is 1.12 bits per heavy atom. The molecule has 0 aromatic heterocycles. The highest BCUT2D eigenvalue weighted by Crippen LogP contribution is 2.18. The van der Waals surface area contributed by atoms with Gasteiger partial charge in [0.15, 0.2) is 0 Å². The van der Waals surface area contributed by atoms with Crippen LogP contribution in [-0.4, -0.2) is 12.5 Å². The second-order valence-corrected chi connectivity index (χ2v) is 5.56. The molecule has 0 aliphatic rings. The van der Waals surface area contributed by atoms with Crippen LogP contribution in [0.5, 0.6) is 0 Å². The lowest BCUT2D eigenvalue weighted by atomic mass is 10.1. The van der Waals surface area contributed by atoms with E-state index in [0.29, 0.717) is 6.54 Å². The topological polar surface area (TPSA) is 64.9 Å². The molecule has 4 nitrogen and oxygen atoms in total. The van der Waals surface area contributed by atoms with Crippen LogP contribution in [0.15, 0.2) is 60.3 Å². The smallest absolute Gasteiger partial charge is 0.267 e. The highest BCUT2D eigenvalue weighted by molar-refractivity contribution is 6.06. The molecular formula is C20H21N3O. The SMILES string of the molecule is Cc1cccc(NC(=O)/C(C#N)=C\NCCc2ccccc2)c1C. The molecule has 0 heterocycles. The Morgan fingerprint density at radius 3 is 2.58 bits per heavy atom. The van der Waals surface area contributed by atoms with Crippen LogP contribution < -0.4 is 10.6 Å². The van der Waals surface area contributed by atoms with Gasteiger partial charge in [0, 0.05) is 18.4 Å². The number of hydrogen-bond acceptors (Lipinski definition) is 3. The minimum absolute atomic E-state index is 0.0592. The van der Waals surface area contributed by atoms with E-state index >= 15 is 0 Å². The normalized spacial score (nSPS) is 10.8. The van der Waals surface area contributed by atoms with Crippen molar-refractivity contribution in [3.05, 3.63) is 77.0 Å².